The Morgan fingerprint density at radius 3 is 2.79 bits per heavy atom. The molecule has 0 spiro atoms. The van der Waals surface area contributed by atoms with Crippen LogP contribution in [0.5, 0.6) is 0 Å². The number of hydrogen-bond acceptors (Lipinski definition) is 6. The van der Waals surface area contributed by atoms with Gasteiger partial charge in [-0.2, -0.15) is 0 Å². The van der Waals surface area contributed by atoms with Gasteiger partial charge >= 0.3 is 6.01 Å². The number of nitrogens with zero attached hydrogens (tertiary/aromatic N) is 3. The maximum Gasteiger partial charge on any atom is 0.318 e. The molecule has 6 heteroatoms. The molecule has 2 rings (SSSR count). The minimum atomic E-state index is 0.109. The van der Waals surface area contributed by atoms with Crippen molar-refractivity contribution in [2.45, 2.75) is 32.7 Å². The molecule has 19 heavy (non-hydrogen) atoms. The van der Waals surface area contributed by atoms with Gasteiger partial charge in [-0.1, -0.05) is 12.0 Å². The molecule has 0 amide bonds. The molecule has 1 N–H and O–H groups in total. The SMILES string of the molecule is CCNC(C)c1nnc(N2CCC(COC)CC2)o1. The third-order valence-corrected chi connectivity index (χ3v) is 3.60. The maximum absolute atomic E-state index is 5.74. The van der Waals surface area contributed by atoms with E-state index in [1.807, 2.05) is 6.92 Å². The quantitative estimate of drug-likeness (QED) is 0.845. The lowest BCUT2D eigenvalue weighted by Gasteiger charge is -2.30. The molecular formula is C13H24N4O2. The third-order valence-electron chi connectivity index (χ3n) is 3.60. The summed E-state index contributed by atoms with van der Waals surface area (Å²) in [5, 5.41) is 11.5. The van der Waals surface area contributed by atoms with Crippen molar-refractivity contribution in [1.29, 1.82) is 0 Å². The average molecular weight is 268 g/mol. The van der Waals surface area contributed by atoms with Crippen molar-refractivity contribution in [2.75, 3.05) is 38.3 Å². The van der Waals surface area contributed by atoms with E-state index in [1.165, 1.54) is 0 Å². The Bertz CT molecular complexity index is 374. The van der Waals surface area contributed by atoms with Crippen molar-refractivity contribution in [1.82, 2.24) is 15.5 Å². The molecule has 1 aromatic heterocycles. The van der Waals surface area contributed by atoms with Crippen LogP contribution in [0, 0.1) is 5.92 Å². The highest BCUT2D eigenvalue weighted by molar-refractivity contribution is 5.25. The van der Waals surface area contributed by atoms with E-state index < -0.39 is 0 Å². The zero-order chi connectivity index (χ0) is 13.7. The highest BCUT2D eigenvalue weighted by atomic mass is 16.5. The molecule has 1 unspecified atom stereocenters. The zero-order valence-electron chi connectivity index (χ0n) is 12.1. The first-order chi connectivity index (χ1) is 9.24. The number of rotatable bonds is 6. The summed E-state index contributed by atoms with van der Waals surface area (Å²) in [7, 11) is 1.76. The highest BCUT2D eigenvalue weighted by Crippen LogP contribution is 2.23. The molecule has 0 radical (unpaired) electrons. The van der Waals surface area contributed by atoms with E-state index in [-0.39, 0.29) is 6.04 Å². The highest BCUT2D eigenvalue weighted by Gasteiger charge is 2.23. The summed E-state index contributed by atoms with van der Waals surface area (Å²) in [5.41, 5.74) is 0. The van der Waals surface area contributed by atoms with Crippen LogP contribution in [0.25, 0.3) is 0 Å². The standard InChI is InChI=1S/C13H24N4O2/c1-4-14-10(2)12-15-16-13(19-12)17-7-5-11(6-8-17)9-18-3/h10-11,14H,4-9H2,1-3H3. The topological polar surface area (TPSA) is 63.4 Å². The third kappa shape index (κ3) is 3.67. The van der Waals surface area contributed by atoms with Gasteiger partial charge in [0.1, 0.15) is 0 Å². The van der Waals surface area contributed by atoms with E-state index in [0.717, 1.165) is 39.1 Å². The van der Waals surface area contributed by atoms with Crippen molar-refractivity contribution in [3.63, 3.8) is 0 Å². The summed E-state index contributed by atoms with van der Waals surface area (Å²) in [6.45, 7) is 7.76. The van der Waals surface area contributed by atoms with E-state index >= 15 is 0 Å². The van der Waals surface area contributed by atoms with E-state index in [0.29, 0.717) is 17.8 Å². The number of aromatic nitrogens is 2. The van der Waals surface area contributed by atoms with E-state index in [9.17, 15) is 0 Å². The van der Waals surface area contributed by atoms with Gasteiger partial charge in [-0.3, -0.25) is 0 Å². The molecule has 2 heterocycles. The van der Waals surface area contributed by atoms with Gasteiger partial charge in [-0.15, -0.1) is 5.10 Å². The Morgan fingerprint density at radius 2 is 2.16 bits per heavy atom. The largest absolute Gasteiger partial charge is 0.406 e. The van der Waals surface area contributed by atoms with Crippen LogP contribution in [0.1, 0.15) is 38.6 Å². The van der Waals surface area contributed by atoms with Gasteiger partial charge in [0, 0.05) is 26.8 Å². The number of ether oxygens (including phenoxy) is 1. The molecule has 0 bridgehead atoms. The molecular weight excluding hydrogens is 244 g/mol. The van der Waals surface area contributed by atoms with E-state index in [1.54, 1.807) is 7.11 Å². The van der Waals surface area contributed by atoms with Crippen molar-refractivity contribution < 1.29 is 9.15 Å². The summed E-state index contributed by atoms with van der Waals surface area (Å²) in [5.74, 6) is 1.32. The predicted octanol–water partition coefficient (Wildman–Crippen LogP) is 1.60. The van der Waals surface area contributed by atoms with Gasteiger partial charge in [0.2, 0.25) is 5.89 Å². The Labute approximate surface area is 114 Å². The lowest BCUT2D eigenvalue weighted by atomic mass is 9.98. The zero-order valence-corrected chi connectivity index (χ0v) is 12.1. The molecule has 1 fully saturated rings. The molecule has 1 atom stereocenters. The Balaban J connectivity index is 1.89. The molecule has 1 aliphatic rings. The van der Waals surface area contributed by atoms with Gasteiger partial charge < -0.3 is 19.4 Å². The number of methoxy groups -OCH3 is 1. The summed E-state index contributed by atoms with van der Waals surface area (Å²) in [6.07, 6.45) is 2.24. The predicted molar refractivity (Wildman–Crippen MR) is 73.2 cm³/mol. The number of nitrogens with one attached hydrogen (secondary N) is 1. The second kappa shape index (κ2) is 6.86. The van der Waals surface area contributed by atoms with Crippen LogP contribution in [0.15, 0.2) is 4.42 Å². The molecule has 1 aliphatic heterocycles. The van der Waals surface area contributed by atoms with Gasteiger partial charge in [-0.25, -0.2) is 0 Å². The molecule has 0 saturated carbocycles. The molecule has 108 valence electrons. The Morgan fingerprint density at radius 1 is 1.42 bits per heavy atom. The Hall–Kier alpha value is -1.14. The van der Waals surface area contributed by atoms with Crippen molar-refractivity contribution in [3.05, 3.63) is 5.89 Å². The van der Waals surface area contributed by atoms with Crippen LogP contribution in [0.4, 0.5) is 6.01 Å². The number of hydrogen-bond donors (Lipinski definition) is 1. The second-order valence-corrected chi connectivity index (χ2v) is 5.09. The molecule has 0 aromatic carbocycles. The average Bonchev–Trinajstić information content (AvgIpc) is 2.90. The van der Waals surface area contributed by atoms with Crippen LogP contribution in [0.3, 0.4) is 0 Å². The van der Waals surface area contributed by atoms with E-state index in [4.69, 9.17) is 9.15 Å². The normalized spacial score (nSPS) is 18.8. The maximum atomic E-state index is 5.74. The molecule has 1 saturated heterocycles. The first-order valence-corrected chi connectivity index (χ1v) is 7.05. The fraction of sp³-hybridized carbons (Fsp3) is 0.846. The van der Waals surface area contributed by atoms with E-state index in [2.05, 4.69) is 27.3 Å². The van der Waals surface area contributed by atoms with Crippen molar-refractivity contribution in [3.8, 4) is 0 Å². The fourth-order valence-electron chi connectivity index (χ4n) is 2.45. The molecule has 1 aromatic rings. The summed E-state index contributed by atoms with van der Waals surface area (Å²) in [4.78, 5) is 2.17. The van der Waals surface area contributed by atoms with Crippen LogP contribution in [0.2, 0.25) is 0 Å². The lowest BCUT2D eigenvalue weighted by molar-refractivity contribution is 0.138. The van der Waals surface area contributed by atoms with Gasteiger partial charge in [0.05, 0.1) is 6.04 Å². The monoisotopic (exact) mass is 268 g/mol. The van der Waals surface area contributed by atoms with Crippen LogP contribution in [-0.2, 0) is 4.74 Å². The minimum absolute atomic E-state index is 0.109. The minimum Gasteiger partial charge on any atom is -0.406 e. The second-order valence-electron chi connectivity index (χ2n) is 5.09. The summed E-state index contributed by atoms with van der Waals surface area (Å²) >= 11 is 0. The molecule has 0 aliphatic carbocycles. The first-order valence-electron chi connectivity index (χ1n) is 7.05. The van der Waals surface area contributed by atoms with Crippen molar-refractivity contribution >= 4 is 6.01 Å². The fourth-order valence-corrected chi connectivity index (χ4v) is 2.45. The smallest absolute Gasteiger partial charge is 0.318 e. The summed E-state index contributed by atoms with van der Waals surface area (Å²) in [6, 6.07) is 0.757. The van der Waals surface area contributed by atoms with Crippen LogP contribution in [-0.4, -0.2) is 43.5 Å². The Kier molecular flexibility index (Phi) is 5.15. The van der Waals surface area contributed by atoms with Crippen molar-refractivity contribution in [2.24, 2.45) is 5.92 Å². The van der Waals surface area contributed by atoms with Crippen LogP contribution < -0.4 is 10.2 Å². The van der Waals surface area contributed by atoms with Gasteiger partial charge in [0.15, 0.2) is 0 Å². The van der Waals surface area contributed by atoms with Gasteiger partial charge in [-0.05, 0) is 32.2 Å². The first kappa shape index (κ1) is 14.3. The number of piperidine rings is 1. The van der Waals surface area contributed by atoms with Crippen LogP contribution >= 0.6 is 0 Å². The lowest BCUT2D eigenvalue weighted by Crippen LogP contribution is -2.35. The number of anilines is 1. The van der Waals surface area contributed by atoms with Gasteiger partial charge in [0.25, 0.3) is 0 Å². The molecule has 6 nitrogen and oxygen atoms in total. The summed E-state index contributed by atoms with van der Waals surface area (Å²) < 4.78 is 10.9.